The minimum Gasteiger partial charge on any atom is -0.493 e. The van der Waals surface area contributed by atoms with Crippen molar-refractivity contribution < 1.29 is 23.7 Å². The van der Waals surface area contributed by atoms with E-state index in [4.69, 9.17) is 18.9 Å². The molecule has 29 heavy (non-hydrogen) atoms. The number of rotatable bonds is 7. The molecule has 0 bridgehead atoms. The normalized spacial score (nSPS) is 16.5. The van der Waals surface area contributed by atoms with Crippen LogP contribution < -0.4 is 18.9 Å². The molecule has 1 aromatic heterocycles. The average molecular weight is 399 g/mol. The maximum Gasteiger partial charge on any atom is 0.246 e. The first-order valence-electron chi connectivity index (χ1n) is 9.34. The maximum atomic E-state index is 12.6. The number of likely N-dealkylation sites (tertiary alicyclic amines) is 1. The molecule has 8 nitrogen and oxygen atoms in total. The first-order valence-corrected chi connectivity index (χ1v) is 9.34. The Hall–Kier alpha value is -3.29. The van der Waals surface area contributed by atoms with Crippen molar-refractivity contribution in [1.82, 2.24) is 14.9 Å². The lowest BCUT2D eigenvalue weighted by Crippen LogP contribution is -2.43. The number of piperidine rings is 1. The van der Waals surface area contributed by atoms with Crippen LogP contribution in [0.25, 0.3) is 6.08 Å². The monoisotopic (exact) mass is 399 g/mol. The molecule has 3 rings (SSSR count). The van der Waals surface area contributed by atoms with Crippen molar-refractivity contribution in [3.63, 3.8) is 0 Å². The topological polar surface area (TPSA) is 83.0 Å². The van der Waals surface area contributed by atoms with Gasteiger partial charge < -0.3 is 23.8 Å². The van der Waals surface area contributed by atoms with Gasteiger partial charge in [0, 0.05) is 12.6 Å². The van der Waals surface area contributed by atoms with Crippen LogP contribution in [-0.4, -0.2) is 61.3 Å². The fourth-order valence-electron chi connectivity index (χ4n) is 3.12. The molecule has 1 unspecified atom stereocenters. The highest BCUT2D eigenvalue weighted by molar-refractivity contribution is 5.92. The molecule has 0 aliphatic carbocycles. The van der Waals surface area contributed by atoms with Crippen molar-refractivity contribution >= 4 is 12.0 Å². The van der Waals surface area contributed by atoms with Crippen molar-refractivity contribution in [2.24, 2.45) is 0 Å². The average Bonchev–Trinajstić information content (AvgIpc) is 2.77. The molecule has 1 fully saturated rings. The van der Waals surface area contributed by atoms with E-state index < -0.39 is 0 Å². The van der Waals surface area contributed by atoms with Gasteiger partial charge in [0.2, 0.25) is 17.7 Å². The lowest BCUT2D eigenvalue weighted by molar-refractivity contribution is -0.128. The number of benzene rings is 1. The third kappa shape index (κ3) is 5.37. The highest BCUT2D eigenvalue weighted by atomic mass is 16.5. The van der Waals surface area contributed by atoms with Gasteiger partial charge in [-0.15, -0.1) is 0 Å². The van der Waals surface area contributed by atoms with Crippen LogP contribution in [0, 0.1) is 0 Å². The largest absolute Gasteiger partial charge is 0.493 e. The van der Waals surface area contributed by atoms with Crippen molar-refractivity contribution in [2.45, 2.75) is 18.9 Å². The molecule has 1 atom stereocenters. The van der Waals surface area contributed by atoms with E-state index in [1.807, 2.05) is 18.2 Å². The van der Waals surface area contributed by atoms with E-state index in [1.165, 1.54) is 13.3 Å². The number of nitrogens with zero attached hydrogens (tertiary/aromatic N) is 3. The molecule has 2 heterocycles. The second-order valence-electron chi connectivity index (χ2n) is 6.51. The minimum atomic E-state index is -0.136. The molecule has 1 aromatic carbocycles. The lowest BCUT2D eigenvalue weighted by atomic mass is 10.1. The van der Waals surface area contributed by atoms with Crippen LogP contribution in [-0.2, 0) is 4.79 Å². The number of hydrogen-bond donors (Lipinski definition) is 0. The van der Waals surface area contributed by atoms with Gasteiger partial charge in [0.15, 0.2) is 11.5 Å². The number of methoxy groups -OCH3 is 3. The molecule has 1 amide bonds. The summed E-state index contributed by atoms with van der Waals surface area (Å²) in [6, 6.07) is 5.50. The molecule has 154 valence electrons. The van der Waals surface area contributed by atoms with E-state index in [9.17, 15) is 4.79 Å². The van der Waals surface area contributed by atoms with Gasteiger partial charge in [-0.25, -0.2) is 0 Å². The Bertz CT molecular complexity index is 871. The summed E-state index contributed by atoms with van der Waals surface area (Å²) in [6.45, 7) is 1.19. The summed E-state index contributed by atoms with van der Waals surface area (Å²) in [7, 11) is 4.69. The van der Waals surface area contributed by atoms with Crippen LogP contribution in [0.5, 0.6) is 23.3 Å². The second kappa shape index (κ2) is 9.77. The maximum absolute atomic E-state index is 12.6. The SMILES string of the molecule is COc1cncc(OC2CCCN(C(=O)/C=C/c3ccc(OC)c(OC)c3)C2)n1. The van der Waals surface area contributed by atoms with Gasteiger partial charge in [-0.1, -0.05) is 6.07 Å². The van der Waals surface area contributed by atoms with Gasteiger partial charge in [0.05, 0.1) is 40.3 Å². The molecular weight excluding hydrogens is 374 g/mol. The Kier molecular flexibility index (Phi) is 6.89. The smallest absolute Gasteiger partial charge is 0.246 e. The van der Waals surface area contributed by atoms with Gasteiger partial charge in [-0.3, -0.25) is 9.78 Å². The number of aromatic nitrogens is 2. The van der Waals surface area contributed by atoms with Crippen LogP contribution in [0.4, 0.5) is 0 Å². The number of hydrogen-bond acceptors (Lipinski definition) is 7. The van der Waals surface area contributed by atoms with Gasteiger partial charge in [-0.2, -0.15) is 4.98 Å². The van der Waals surface area contributed by atoms with Gasteiger partial charge in [-0.05, 0) is 36.6 Å². The molecule has 0 saturated carbocycles. The van der Waals surface area contributed by atoms with E-state index in [2.05, 4.69) is 9.97 Å². The molecule has 1 aliphatic heterocycles. The number of amides is 1. The van der Waals surface area contributed by atoms with Gasteiger partial charge >= 0.3 is 0 Å². The Labute approximate surface area is 170 Å². The van der Waals surface area contributed by atoms with Crippen LogP contribution in [0.3, 0.4) is 0 Å². The number of carbonyl (C=O) groups excluding carboxylic acids is 1. The van der Waals surface area contributed by atoms with E-state index in [0.29, 0.717) is 36.3 Å². The molecular formula is C21H25N3O5. The summed E-state index contributed by atoms with van der Waals surface area (Å²) in [5.41, 5.74) is 0.854. The Balaban J connectivity index is 1.61. The van der Waals surface area contributed by atoms with E-state index >= 15 is 0 Å². The minimum absolute atomic E-state index is 0.0650. The summed E-state index contributed by atoms with van der Waals surface area (Å²) in [6.07, 6.45) is 7.96. The fraction of sp³-hybridized carbons (Fsp3) is 0.381. The lowest BCUT2D eigenvalue weighted by Gasteiger charge is -2.31. The molecule has 1 saturated heterocycles. The molecule has 0 spiro atoms. The predicted molar refractivity (Wildman–Crippen MR) is 107 cm³/mol. The zero-order valence-electron chi connectivity index (χ0n) is 16.8. The molecule has 8 heteroatoms. The van der Waals surface area contributed by atoms with E-state index in [-0.39, 0.29) is 12.0 Å². The molecule has 0 radical (unpaired) electrons. The summed E-state index contributed by atoms with van der Waals surface area (Å²) >= 11 is 0. The Morgan fingerprint density at radius 2 is 1.90 bits per heavy atom. The third-order valence-electron chi connectivity index (χ3n) is 4.60. The van der Waals surface area contributed by atoms with Crippen LogP contribution >= 0.6 is 0 Å². The first-order chi connectivity index (χ1) is 14.1. The number of ether oxygens (including phenoxy) is 4. The zero-order valence-corrected chi connectivity index (χ0v) is 16.8. The van der Waals surface area contributed by atoms with Crippen molar-refractivity contribution in [1.29, 1.82) is 0 Å². The predicted octanol–water partition coefficient (Wildman–Crippen LogP) is 2.59. The van der Waals surface area contributed by atoms with Crippen LogP contribution in [0.2, 0.25) is 0 Å². The summed E-state index contributed by atoms with van der Waals surface area (Å²) in [4.78, 5) is 22.7. The summed E-state index contributed by atoms with van der Waals surface area (Å²) in [5.74, 6) is 1.99. The number of carbonyl (C=O) groups is 1. The first kappa shape index (κ1) is 20.4. The van der Waals surface area contributed by atoms with Crippen LogP contribution in [0.1, 0.15) is 18.4 Å². The zero-order chi connectivity index (χ0) is 20.6. The highest BCUT2D eigenvalue weighted by Crippen LogP contribution is 2.28. The van der Waals surface area contributed by atoms with Gasteiger partial charge in [0.25, 0.3) is 0 Å². The van der Waals surface area contributed by atoms with Crippen molar-refractivity contribution in [3.05, 3.63) is 42.2 Å². The second-order valence-corrected chi connectivity index (χ2v) is 6.51. The van der Waals surface area contributed by atoms with Crippen molar-refractivity contribution in [3.8, 4) is 23.3 Å². The highest BCUT2D eigenvalue weighted by Gasteiger charge is 2.24. The van der Waals surface area contributed by atoms with E-state index in [1.54, 1.807) is 37.5 Å². The quantitative estimate of drug-likeness (QED) is 0.662. The van der Waals surface area contributed by atoms with Crippen molar-refractivity contribution in [2.75, 3.05) is 34.4 Å². The fourth-order valence-corrected chi connectivity index (χ4v) is 3.12. The molecule has 1 aliphatic rings. The summed E-state index contributed by atoms with van der Waals surface area (Å²) in [5, 5.41) is 0. The third-order valence-corrected chi connectivity index (χ3v) is 4.60. The molecule has 0 N–H and O–H groups in total. The van der Waals surface area contributed by atoms with E-state index in [0.717, 1.165) is 18.4 Å². The molecule has 2 aromatic rings. The standard InChI is InChI=1S/C21H25N3O5/c1-26-17-8-6-15(11-18(17)27-2)7-9-21(25)24-10-4-5-16(14-24)29-20-13-22-12-19(23-20)28-3/h6-9,11-13,16H,4-5,10,14H2,1-3H3/b9-7+. The Morgan fingerprint density at radius 1 is 1.10 bits per heavy atom. The van der Waals surface area contributed by atoms with Gasteiger partial charge in [0.1, 0.15) is 6.10 Å². The summed E-state index contributed by atoms with van der Waals surface area (Å²) < 4.78 is 21.5. The Morgan fingerprint density at radius 3 is 2.66 bits per heavy atom. The van der Waals surface area contributed by atoms with Crippen LogP contribution in [0.15, 0.2) is 36.7 Å².